The van der Waals surface area contributed by atoms with Crippen molar-refractivity contribution in [3.8, 4) is 5.75 Å². The maximum Gasteiger partial charge on any atom is 0.335 e. The van der Waals surface area contributed by atoms with Gasteiger partial charge in [-0.1, -0.05) is 48.0 Å². The van der Waals surface area contributed by atoms with Gasteiger partial charge in [0.05, 0.1) is 5.69 Å². The van der Waals surface area contributed by atoms with Gasteiger partial charge in [-0.05, 0) is 67.8 Å². The van der Waals surface area contributed by atoms with E-state index in [2.05, 4.69) is 10.6 Å². The number of nitrogens with one attached hydrogen (secondary N) is 2. The van der Waals surface area contributed by atoms with Crippen LogP contribution < -0.4 is 20.3 Å². The molecule has 0 spiro atoms. The second-order valence-corrected chi connectivity index (χ2v) is 8.95. The Balaban J connectivity index is 1.57. The van der Waals surface area contributed by atoms with Gasteiger partial charge in [0.2, 0.25) is 0 Å². The zero-order chi connectivity index (χ0) is 26.7. The molecule has 9 heteroatoms. The number of hydrogen-bond donors (Lipinski definition) is 2. The van der Waals surface area contributed by atoms with Crippen LogP contribution in [0.25, 0.3) is 6.08 Å². The predicted octanol–water partition coefficient (Wildman–Crippen LogP) is 4.95. The molecule has 3 aromatic rings. The number of rotatable bonds is 6. The Hall–Kier alpha value is -4.43. The molecule has 0 saturated carbocycles. The number of anilines is 2. The highest BCUT2D eigenvalue weighted by Gasteiger charge is 2.37. The molecule has 3 aromatic carbocycles. The van der Waals surface area contributed by atoms with E-state index in [1.807, 2.05) is 26.0 Å². The van der Waals surface area contributed by atoms with Gasteiger partial charge in [-0.2, -0.15) is 0 Å². The van der Waals surface area contributed by atoms with Crippen molar-refractivity contribution in [2.75, 3.05) is 16.8 Å². The Bertz CT molecular complexity index is 1460. The monoisotopic (exact) mass is 517 g/mol. The molecule has 4 rings (SSSR count). The molecule has 5 amide bonds. The van der Waals surface area contributed by atoms with Crippen molar-refractivity contribution in [3.05, 3.63) is 93.5 Å². The van der Waals surface area contributed by atoms with Crippen LogP contribution in [0.1, 0.15) is 22.3 Å². The van der Waals surface area contributed by atoms with Crippen LogP contribution in [0.5, 0.6) is 5.75 Å². The van der Waals surface area contributed by atoms with E-state index < -0.39 is 17.8 Å². The minimum absolute atomic E-state index is 0.265. The van der Waals surface area contributed by atoms with Crippen LogP contribution in [0.3, 0.4) is 0 Å². The van der Waals surface area contributed by atoms with Gasteiger partial charge in [0.15, 0.2) is 6.61 Å². The summed E-state index contributed by atoms with van der Waals surface area (Å²) in [4.78, 5) is 51.8. The van der Waals surface area contributed by atoms with Gasteiger partial charge >= 0.3 is 6.03 Å². The molecule has 0 bridgehead atoms. The lowest BCUT2D eigenvalue weighted by Crippen LogP contribution is -2.54. The Morgan fingerprint density at radius 1 is 1.00 bits per heavy atom. The van der Waals surface area contributed by atoms with Crippen molar-refractivity contribution in [3.63, 3.8) is 0 Å². The molecule has 2 N–H and O–H groups in total. The SMILES string of the molecule is Cc1ccc(Cl)cc1N1C(=O)NC(=O)/C(=C\c2ccccc2OCC(=O)Nc2cccc(C)c2C)C1=O. The summed E-state index contributed by atoms with van der Waals surface area (Å²) >= 11 is 6.07. The summed E-state index contributed by atoms with van der Waals surface area (Å²) in [7, 11) is 0. The highest BCUT2D eigenvalue weighted by atomic mass is 35.5. The molecule has 0 radical (unpaired) electrons. The van der Waals surface area contributed by atoms with Crippen molar-refractivity contribution < 1.29 is 23.9 Å². The summed E-state index contributed by atoms with van der Waals surface area (Å²) in [5.41, 5.74) is 3.70. The summed E-state index contributed by atoms with van der Waals surface area (Å²) in [6.45, 7) is 5.30. The molecule has 1 aliphatic heterocycles. The first kappa shape index (κ1) is 25.7. The van der Waals surface area contributed by atoms with E-state index in [1.54, 1.807) is 49.4 Å². The first-order valence-corrected chi connectivity index (χ1v) is 11.8. The van der Waals surface area contributed by atoms with E-state index in [-0.39, 0.29) is 29.5 Å². The van der Waals surface area contributed by atoms with E-state index >= 15 is 0 Å². The van der Waals surface area contributed by atoms with Crippen molar-refractivity contribution in [2.24, 2.45) is 0 Å². The minimum Gasteiger partial charge on any atom is -0.483 e. The number of hydrogen-bond acceptors (Lipinski definition) is 5. The van der Waals surface area contributed by atoms with Gasteiger partial charge in [0.1, 0.15) is 11.3 Å². The summed E-state index contributed by atoms with van der Waals surface area (Å²) in [6.07, 6.45) is 1.33. The molecule has 1 saturated heterocycles. The second kappa shape index (κ2) is 10.7. The fourth-order valence-corrected chi connectivity index (χ4v) is 3.97. The third-order valence-electron chi connectivity index (χ3n) is 5.97. The molecular weight excluding hydrogens is 494 g/mol. The normalized spacial score (nSPS) is 14.5. The smallest absolute Gasteiger partial charge is 0.335 e. The highest BCUT2D eigenvalue weighted by molar-refractivity contribution is 6.39. The molecule has 37 heavy (non-hydrogen) atoms. The van der Waals surface area contributed by atoms with Crippen LogP contribution in [0.15, 0.2) is 66.2 Å². The molecule has 1 heterocycles. The molecule has 0 unspecified atom stereocenters. The van der Waals surface area contributed by atoms with Crippen LogP contribution in [0.2, 0.25) is 5.02 Å². The van der Waals surface area contributed by atoms with Gasteiger partial charge in [0, 0.05) is 16.3 Å². The Morgan fingerprint density at radius 3 is 2.54 bits per heavy atom. The second-order valence-electron chi connectivity index (χ2n) is 8.51. The van der Waals surface area contributed by atoms with Crippen molar-refractivity contribution in [2.45, 2.75) is 20.8 Å². The van der Waals surface area contributed by atoms with Gasteiger partial charge in [0.25, 0.3) is 17.7 Å². The van der Waals surface area contributed by atoms with E-state index in [1.165, 1.54) is 12.1 Å². The molecule has 1 fully saturated rings. The molecule has 188 valence electrons. The van der Waals surface area contributed by atoms with Gasteiger partial charge in [-0.25, -0.2) is 9.69 Å². The maximum absolute atomic E-state index is 13.3. The van der Waals surface area contributed by atoms with Crippen LogP contribution in [-0.4, -0.2) is 30.4 Å². The number of barbiturate groups is 1. The number of aryl methyl sites for hydroxylation is 2. The number of ether oxygens (including phenoxy) is 1. The van der Waals surface area contributed by atoms with Crippen LogP contribution in [-0.2, 0) is 14.4 Å². The van der Waals surface area contributed by atoms with Crippen LogP contribution in [0.4, 0.5) is 16.2 Å². The molecule has 8 nitrogen and oxygen atoms in total. The fraction of sp³-hybridized carbons (Fsp3) is 0.143. The number of nitrogens with zero attached hydrogens (tertiary/aromatic N) is 1. The minimum atomic E-state index is -0.870. The molecule has 0 aromatic heterocycles. The first-order valence-electron chi connectivity index (χ1n) is 11.4. The Kier molecular flexibility index (Phi) is 7.40. The van der Waals surface area contributed by atoms with E-state index in [0.29, 0.717) is 21.8 Å². The number of para-hydroxylation sites is 1. The standard InChI is InChI=1S/C28H24ClN3O5/c1-16-7-6-9-22(18(16)3)30-25(33)15-37-24-10-5-4-8-19(24)13-21-26(34)31-28(36)32(27(21)35)23-14-20(29)12-11-17(23)2/h4-14H,15H2,1-3H3,(H,30,33)(H,31,34,36)/b21-13+. The predicted molar refractivity (Wildman–Crippen MR) is 142 cm³/mol. The van der Waals surface area contributed by atoms with Gasteiger partial charge in [-0.15, -0.1) is 0 Å². The third kappa shape index (κ3) is 5.54. The fourth-order valence-electron chi connectivity index (χ4n) is 3.80. The van der Waals surface area contributed by atoms with Gasteiger partial charge < -0.3 is 10.1 Å². The number of carbonyl (C=O) groups is 4. The zero-order valence-corrected chi connectivity index (χ0v) is 21.2. The van der Waals surface area contributed by atoms with Crippen LogP contribution >= 0.6 is 11.6 Å². The molecule has 0 atom stereocenters. The zero-order valence-electron chi connectivity index (χ0n) is 20.4. The van der Waals surface area contributed by atoms with Gasteiger partial charge in [-0.3, -0.25) is 19.7 Å². The summed E-state index contributed by atoms with van der Waals surface area (Å²) in [5.74, 6) is -1.72. The lowest BCUT2D eigenvalue weighted by atomic mass is 10.1. The van der Waals surface area contributed by atoms with Crippen molar-refractivity contribution in [1.29, 1.82) is 0 Å². The molecule has 0 aliphatic carbocycles. The number of halogens is 1. The first-order chi connectivity index (χ1) is 17.7. The van der Waals surface area contributed by atoms with E-state index in [4.69, 9.17) is 16.3 Å². The van der Waals surface area contributed by atoms with Crippen molar-refractivity contribution in [1.82, 2.24) is 5.32 Å². The van der Waals surface area contributed by atoms with Crippen LogP contribution in [0, 0.1) is 20.8 Å². The molecule has 1 aliphatic rings. The topological polar surface area (TPSA) is 105 Å². The number of carbonyl (C=O) groups excluding carboxylic acids is 4. The molecular formula is C28H24ClN3O5. The quantitative estimate of drug-likeness (QED) is 0.355. The number of benzene rings is 3. The highest BCUT2D eigenvalue weighted by Crippen LogP contribution is 2.29. The third-order valence-corrected chi connectivity index (χ3v) is 6.21. The average molecular weight is 518 g/mol. The maximum atomic E-state index is 13.3. The summed E-state index contributed by atoms with van der Waals surface area (Å²) in [6, 6.07) is 16.2. The van der Waals surface area contributed by atoms with Crippen molar-refractivity contribution >= 4 is 52.8 Å². The Morgan fingerprint density at radius 2 is 1.76 bits per heavy atom. The average Bonchev–Trinajstić information content (AvgIpc) is 2.86. The lowest BCUT2D eigenvalue weighted by molar-refractivity contribution is -0.122. The lowest BCUT2D eigenvalue weighted by Gasteiger charge is -2.27. The number of urea groups is 1. The summed E-state index contributed by atoms with van der Waals surface area (Å²) < 4.78 is 5.72. The summed E-state index contributed by atoms with van der Waals surface area (Å²) in [5, 5.41) is 5.35. The van der Waals surface area contributed by atoms with E-state index in [9.17, 15) is 19.2 Å². The largest absolute Gasteiger partial charge is 0.483 e. The number of imide groups is 2. The number of amides is 5. The van der Waals surface area contributed by atoms with E-state index in [0.717, 1.165) is 16.0 Å². The Labute approximate surface area is 218 Å².